The van der Waals surface area contributed by atoms with Crippen LogP contribution in [0.3, 0.4) is 0 Å². The number of benzene rings is 1. The number of nitrogens with zero attached hydrogens (tertiary/aromatic N) is 1. The summed E-state index contributed by atoms with van der Waals surface area (Å²) in [5.41, 5.74) is 2.04. The Kier molecular flexibility index (Phi) is 3.08. The molecule has 0 aliphatic heterocycles. The van der Waals surface area contributed by atoms with Gasteiger partial charge in [-0.1, -0.05) is 23.7 Å². The van der Waals surface area contributed by atoms with E-state index in [1.54, 1.807) is 17.5 Å². The van der Waals surface area contributed by atoms with Crippen LogP contribution in [0.5, 0.6) is 0 Å². The maximum Gasteiger partial charge on any atom is 0.212 e. The number of halogens is 1. The molecule has 0 N–H and O–H groups in total. The number of thiazole rings is 1. The summed E-state index contributed by atoms with van der Waals surface area (Å²) in [6.45, 7) is 3.78. The van der Waals surface area contributed by atoms with Crippen LogP contribution in [0.15, 0.2) is 23.6 Å². The molecule has 1 aromatic carbocycles. The van der Waals surface area contributed by atoms with Crippen LogP contribution in [0, 0.1) is 13.8 Å². The smallest absolute Gasteiger partial charge is 0.212 e. The van der Waals surface area contributed by atoms with Gasteiger partial charge in [0.05, 0.1) is 5.01 Å². The van der Waals surface area contributed by atoms with Crippen molar-refractivity contribution in [1.29, 1.82) is 0 Å². The third kappa shape index (κ3) is 2.15. The van der Waals surface area contributed by atoms with Crippen LogP contribution in [-0.4, -0.2) is 10.8 Å². The summed E-state index contributed by atoms with van der Waals surface area (Å²) in [7, 11) is 0. The lowest BCUT2D eigenvalue weighted by Crippen LogP contribution is -2.01. The van der Waals surface area contributed by atoms with Crippen molar-refractivity contribution < 1.29 is 4.79 Å². The molecule has 0 spiro atoms. The molecule has 0 fully saturated rings. The molecule has 82 valence electrons. The van der Waals surface area contributed by atoms with Crippen molar-refractivity contribution in [3.05, 3.63) is 50.4 Å². The van der Waals surface area contributed by atoms with E-state index in [9.17, 15) is 4.79 Å². The van der Waals surface area contributed by atoms with Gasteiger partial charge in [-0.25, -0.2) is 4.98 Å². The van der Waals surface area contributed by atoms with E-state index in [0.717, 1.165) is 10.6 Å². The van der Waals surface area contributed by atoms with E-state index in [2.05, 4.69) is 4.98 Å². The number of aromatic nitrogens is 1. The number of aryl methyl sites for hydroxylation is 2. The summed E-state index contributed by atoms with van der Waals surface area (Å²) in [4.78, 5) is 16.2. The molecular weight excluding hydrogens is 242 g/mol. The molecule has 0 saturated heterocycles. The normalized spacial score (nSPS) is 10.4. The lowest BCUT2D eigenvalue weighted by molar-refractivity contribution is 0.103. The highest BCUT2D eigenvalue weighted by Gasteiger charge is 2.12. The lowest BCUT2D eigenvalue weighted by atomic mass is 10.1. The van der Waals surface area contributed by atoms with Gasteiger partial charge in [0.1, 0.15) is 5.69 Å². The van der Waals surface area contributed by atoms with Crippen LogP contribution in [-0.2, 0) is 0 Å². The molecule has 0 aliphatic carbocycles. The van der Waals surface area contributed by atoms with Crippen LogP contribution in [0.2, 0.25) is 5.02 Å². The Morgan fingerprint density at radius 2 is 2.12 bits per heavy atom. The van der Waals surface area contributed by atoms with Gasteiger partial charge in [-0.05, 0) is 25.5 Å². The highest BCUT2D eigenvalue weighted by atomic mass is 35.5. The quantitative estimate of drug-likeness (QED) is 0.763. The average molecular weight is 252 g/mol. The summed E-state index contributed by atoms with van der Waals surface area (Å²) in [5, 5.41) is 3.27. The number of carbonyl (C=O) groups excluding carboxylic acids is 1. The molecule has 1 aromatic heterocycles. The topological polar surface area (TPSA) is 30.0 Å². The lowest BCUT2D eigenvalue weighted by Gasteiger charge is -2.01. The number of hydrogen-bond donors (Lipinski definition) is 0. The summed E-state index contributed by atoms with van der Waals surface area (Å²) in [6.07, 6.45) is 0. The maximum absolute atomic E-state index is 12.0. The molecule has 0 amide bonds. The summed E-state index contributed by atoms with van der Waals surface area (Å²) in [6, 6.07) is 5.31. The Morgan fingerprint density at radius 3 is 2.69 bits per heavy atom. The molecule has 0 saturated carbocycles. The molecule has 2 rings (SSSR count). The summed E-state index contributed by atoms with van der Waals surface area (Å²) >= 11 is 7.45. The molecule has 0 unspecified atom stereocenters. The van der Waals surface area contributed by atoms with Crippen molar-refractivity contribution in [3.8, 4) is 0 Å². The van der Waals surface area contributed by atoms with Crippen molar-refractivity contribution >= 4 is 28.7 Å². The minimum atomic E-state index is -0.0775. The van der Waals surface area contributed by atoms with Gasteiger partial charge in [-0.2, -0.15) is 0 Å². The Morgan fingerprint density at radius 1 is 1.38 bits per heavy atom. The number of hydrogen-bond acceptors (Lipinski definition) is 3. The molecule has 0 aliphatic rings. The van der Waals surface area contributed by atoms with E-state index in [0.29, 0.717) is 16.3 Å². The highest BCUT2D eigenvalue weighted by molar-refractivity contribution is 7.09. The van der Waals surface area contributed by atoms with E-state index in [4.69, 9.17) is 11.6 Å². The zero-order valence-corrected chi connectivity index (χ0v) is 10.5. The molecule has 1 heterocycles. The summed E-state index contributed by atoms with van der Waals surface area (Å²) in [5.74, 6) is -0.0775. The molecule has 4 heteroatoms. The van der Waals surface area contributed by atoms with Gasteiger partial charge in [0, 0.05) is 16.0 Å². The van der Waals surface area contributed by atoms with Crippen molar-refractivity contribution in [1.82, 2.24) is 4.98 Å². The Balaban J connectivity index is 2.38. The minimum Gasteiger partial charge on any atom is -0.287 e. The predicted molar refractivity (Wildman–Crippen MR) is 66.5 cm³/mol. The summed E-state index contributed by atoms with van der Waals surface area (Å²) < 4.78 is 0. The van der Waals surface area contributed by atoms with Crippen molar-refractivity contribution in [2.24, 2.45) is 0 Å². The van der Waals surface area contributed by atoms with E-state index in [1.807, 2.05) is 19.9 Å². The van der Waals surface area contributed by atoms with Gasteiger partial charge in [-0.3, -0.25) is 4.79 Å². The first kappa shape index (κ1) is 11.3. The largest absolute Gasteiger partial charge is 0.287 e. The van der Waals surface area contributed by atoms with Gasteiger partial charge in [0.25, 0.3) is 0 Å². The van der Waals surface area contributed by atoms with Gasteiger partial charge in [0.2, 0.25) is 5.78 Å². The number of ketones is 1. The fraction of sp³-hybridized carbons (Fsp3) is 0.167. The molecule has 0 atom stereocenters. The first-order valence-electron chi connectivity index (χ1n) is 4.81. The molecular formula is C12H10ClNOS. The van der Waals surface area contributed by atoms with Gasteiger partial charge in [0.15, 0.2) is 0 Å². The molecule has 0 radical (unpaired) electrons. The average Bonchev–Trinajstić information content (AvgIpc) is 2.68. The molecule has 0 bridgehead atoms. The third-order valence-electron chi connectivity index (χ3n) is 2.29. The number of rotatable bonds is 2. The van der Waals surface area contributed by atoms with E-state index in [1.165, 1.54) is 11.3 Å². The van der Waals surface area contributed by atoms with Crippen molar-refractivity contribution in [2.45, 2.75) is 13.8 Å². The van der Waals surface area contributed by atoms with Gasteiger partial charge < -0.3 is 0 Å². The second-order valence-electron chi connectivity index (χ2n) is 3.54. The zero-order chi connectivity index (χ0) is 11.7. The molecule has 2 aromatic rings. The SMILES string of the molecule is Cc1nc(C(=O)c2ccc(C)c(Cl)c2)cs1. The Hall–Kier alpha value is -1.19. The van der Waals surface area contributed by atoms with Crippen LogP contribution < -0.4 is 0 Å². The predicted octanol–water partition coefficient (Wildman–Crippen LogP) is 3.64. The van der Waals surface area contributed by atoms with Crippen LogP contribution in [0.1, 0.15) is 26.6 Å². The van der Waals surface area contributed by atoms with Crippen LogP contribution in [0.25, 0.3) is 0 Å². The first-order valence-corrected chi connectivity index (χ1v) is 6.06. The van der Waals surface area contributed by atoms with E-state index < -0.39 is 0 Å². The van der Waals surface area contributed by atoms with Crippen LogP contribution >= 0.6 is 22.9 Å². The minimum absolute atomic E-state index is 0.0775. The van der Waals surface area contributed by atoms with Crippen LogP contribution in [0.4, 0.5) is 0 Å². The van der Waals surface area contributed by atoms with Crippen molar-refractivity contribution in [3.63, 3.8) is 0 Å². The van der Waals surface area contributed by atoms with Crippen molar-refractivity contribution in [2.75, 3.05) is 0 Å². The van der Waals surface area contributed by atoms with Gasteiger partial charge in [-0.15, -0.1) is 11.3 Å². The molecule has 2 nitrogen and oxygen atoms in total. The Labute approximate surface area is 103 Å². The Bertz CT molecular complexity index is 548. The second-order valence-corrected chi connectivity index (χ2v) is 5.01. The highest BCUT2D eigenvalue weighted by Crippen LogP contribution is 2.19. The van der Waals surface area contributed by atoms with Gasteiger partial charge >= 0.3 is 0 Å². The monoisotopic (exact) mass is 251 g/mol. The van der Waals surface area contributed by atoms with E-state index in [-0.39, 0.29) is 5.78 Å². The second kappa shape index (κ2) is 4.36. The molecule has 16 heavy (non-hydrogen) atoms. The number of carbonyl (C=O) groups is 1. The third-order valence-corrected chi connectivity index (χ3v) is 3.47. The fourth-order valence-electron chi connectivity index (χ4n) is 1.35. The maximum atomic E-state index is 12.0. The first-order chi connectivity index (χ1) is 7.58. The van der Waals surface area contributed by atoms with E-state index >= 15 is 0 Å². The zero-order valence-electron chi connectivity index (χ0n) is 8.95. The standard InChI is InChI=1S/C12H10ClNOS/c1-7-3-4-9(5-10(7)13)12(15)11-6-16-8(2)14-11/h3-6H,1-2H3. The fourth-order valence-corrected chi connectivity index (χ4v) is 2.12.